The lowest BCUT2D eigenvalue weighted by molar-refractivity contribution is 0.173. The van der Waals surface area contributed by atoms with E-state index in [0.29, 0.717) is 13.0 Å². The number of ether oxygens (including phenoxy) is 1. The summed E-state index contributed by atoms with van der Waals surface area (Å²) >= 11 is 3.25. The molecule has 0 spiro atoms. The fourth-order valence-corrected chi connectivity index (χ4v) is 3.26. The Bertz CT molecular complexity index is 462. The van der Waals surface area contributed by atoms with Crippen LogP contribution in [-0.4, -0.2) is 28.2 Å². The first-order chi connectivity index (χ1) is 7.99. The van der Waals surface area contributed by atoms with Gasteiger partial charge in [0.15, 0.2) is 0 Å². The summed E-state index contributed by atoms with van der Waals surface area (Å²) < 4.78 is 32.4. The van der Waals surface area contributed by atoms with Gasteiger partial charge in [0.05, 0.1) is 11.5 Å². The van der Waals surface area contributed by atoms with E-state index in [1.54, 1.807) is 31.4 Å². The molecule has 1 aromatic carbocycles. The van der Waals surface area contributed by atoms with Gasteiger partial charge in [0.25, 0.3) is 0 Å². The van der Waals surface area contributed by atoms with Crippen molar-refractivity contribution >= 4 is 26.0 Å². The first-order valence-electron chi connectivity index (χ1n) is 5.26. The van der Waals surface area contributed by atoms with Crippen LogP contribution in [0.5, 0.6) is 0 Å². The van der Waals surface area contributed by atoms with E-state index in [2.05, 4.69) is 20.7 Å². The van der Waals surface area contributed by atoms with Gasteiger partial charge in [-0.3, -0.25) is 0 Å². The first kappa shape index (κ1) is 14.6. The second kappa shape index (κ2) is 6.49. The highest BCUT2D eigenvalue weighted by Gasteiger charge is 2.18. The van der Waals surface area contributed by atoms with Crippen molar-refractivity contribution < 1.29 is 13.2 Å². The maximum atomic E-state index is 12.0. The molecule has 0 heterocycles. The first-order valence-corrected chi connectivity index (χ1v) is 7.54. The summed E-state index contributed by atoms with van der Waals surface area (Å²) in [6.45, 7) is 2.27. The molecule has 1 atom stereocenters. The number of sulfonamides is 1. The summed E-state index contributed by atoms with van der Waals surface area (Å²) in [5.41, 5.74) is 0. The third kappa shape index (κ3) is 4.39. The summed E-state index contributed by atoms with van der Waals surface area (Å²) in [6, 6.07) is 6.40. The molecule has 6 heteroatoms. The van der Waals surface area contributed by atoms with E-state index in [1.165, 1.54) is 0 Å². The van der Waals surface area contributed by atoms with Crippen molar-refractivity contribution in [3.8, 4) is 0 Å². The van der Waals surface area contributed by atoms with Crippen LogP contribution in [0.3, 0.4) is 0 Å². The molecule has 0 bridgehead atoms. The van der Waals surface area contributed by atoms with Crippen molar-refractivity contribution in [3.05, 3.63) is 28.7 Å². The fourth-order valence-electron chi connectivity index (χ4n) is 1.36. The maximum absolute atomic E-state index is 12.0. The number of hydrogen-bond acceptors (Lipinski definition) is 3. The zero-order chi connectivity index (χ0) is 12.9. The molecule has 0 aliphatic heterocycles. The molecule has 1 rings (SSSR count). The van der Waals surface area contributed by atoms with E-state index in [1.807, 2.05) is 6.92 Å². The molecule has 0 fully saturated rings. The van der Waals surface area contributed by atoms with Gasteiger partial charge < -0.3 is 4.74 Å². The smallest absolute Gasteiger partial charge is 0.240 e. The van der Waals surface area contributed by atoms with Crippen LogP contribution >= 0.6 is 15.9 Å². The van der Waals surface area contributed by atoms with Gasteiger partial charge in [0.1, 0.15) is 0 Å². The molecule has 17 heavy (non-hydrogen) atoms. The monoisotopic (exact) mass is 321 g/mol. The third-order valence-corrected chi connectivity index (χ3v) is 4.30. The van der Waals surface area contributed by atoms with Crippen LogP contribution in [0.2, 0.25) is 0 Å². The van der Waals surface area contributed by atoms with E-state index in [4.69, 9.17) is 4.74 Å². The Morgan fingerprint density at radius 1 is 1.47 bits per heavy atom. The van der Waals surface area contributed by atoms with Crippen LogP contribution in [0, 0.1) is 0 Å². The Balaban J connectivity index is 2.88. The molecule has 0 saturated heterocycles. The van der Waals surface area contributed by atoms with Crippen LogP contribution < -0.4 is 4.72 Å². The Kier molecular flexibility index (Phi) is 5.58. The number of hydrogen-bond donors (Lipinski definition) is 1. The molecular formula is C11H16BrNO3S. The highest BCUT2D eigenvalue weighted by Crippen LogP contribution is 2.16. The Hall–Kier alpha value is -0.430. The number of methoxy groups -OCH3 is 1. The quantitative estimate of drug-likeness (QED) is 0.873. The highest BCUT2D eigenvalue weighted by molar-refractivity contribution is 9.10. The van der Waals surface area contributed by atoms with Crippen molar-refractivity contribution in [2.24, 2.45) is 0 Å². The largest absolute Gasteiger partial charge is 0.383 e. The fraction of sp³-hybridized carbons (Fsp3) is 0.455. The molecule has 96 valence electrons. The minimum atomic E-state index is -3.48. The summed E-state index contributed by atoms with van der Waals surface area (Å²) in [5, 5.41) is 0. The Morgan fingerprint density at radius 2 is 2.18 bits per heavy atom. The predicted molar refractivity (Wildman–Crippen MR) is 70.4 cm³/mol. The summed E-state index contributed by atoms with van der Waals surface area (Å²) in [5.74, 6) is 0. The second-order valence-electron chi connectivity index (χ2n) is 3.64. The zero-order valence-corrected chi connectivity index (χ0v) is 12.2. The predicted octanol–water partition coefficient (Wildman–Crippen LogP) is 2.15. The molecule has 0 saturated carbocycles. The molecule has 4 nitrogen and oxygen atoms in total. The number of halogens is 1. The summed E-state index contributed by atoms with van der Waals surface area (Å²) in [6.07, 6.45) is 0.682. The minimum absolute atomic E-state index is 0.205. The summed E-state index contributed by atoms with van der Waals surface area (Å²) in [7, 11) is -1.92. The van der Waals surface area contributed by atoms with Crippen molar-refractivity contribution in [2.75, 3.05) is 13.7 Å². The Labute approximate surface area is 111 Å². The Morgan fingerprint density at radius 3 is 2.71 bits per heavy atom. The van der Waals surface area contributed by atoms with Crippen molar-refractivity contribution in [1.29, 1.82) is 0 Å². The molecule has 0 radical (unpaired) electrons. The lowest BCUT2D eigenvalue weighted by Crippen LogP contribution is -2.37. The van der Waals surface area contributed by atoms with E-state index in [9.17, 15) is 8.42 Å². The van der Waals surface area contributed by atoms with E-state index < -0.39 is 10.0 Å². The zero-order valence-electron chi connectivity index (χ0n) is 9.81. The van der Waals surface area contributed by atoms with E-state index >= 15 is 0 Å². The average molecular weight is 322 g/mol. The number of benzene rings is 1. The van der Waals surface area contributed by atoms with Gasteiger partial charge in [-0.05, 0) is 24.6 Å². The normalized spacial score (nSPS) is 13.6. The molecule has 0 aliphatic carbocycles. The van der Waals surface area contributed by atoms with Gasteiger partial charge in [-0.2, -0.15) is 0 Å². The summed E-state index contributed by atoms with van der Waals surface area (Å²) in [4.78, 5) is 0.251. The maximum Gasteiger partial charge on any atom is 0.240 e. The van der Waals surface area contributed by atoms with Crippen LogP contribution in [0.1, 0.15) is 13.3 Å². The van der Waals surface area contributed by atoms with Gasteiger partial charge in [0, 0.05) is 17.6 Å². The average Bonchev–Trinajstić information content (AvgIpc) is 2.28. The van der Waals surface area contributed by atoms with Gasteiger partial charge in [0.2, 0.25) is 10.0 Å². The van der Waals surface area contributed by atoms with Crippen molar-refractivity contribution in [3.63, 3.8) is 0 Å². The standard InChI is InChI=1S/C11H16BrNO3S/c1-3-10(8-16-2)13-17(14,15)11-6-4-5-9(12)7-11/h4-7,10,13H,3,8H2,1-2H3. The lowest BCUT2D eigenvalue weighted by Gasteiger charge is -2.16. The van der Waals surface area contributed by atoms with Crippen LogP contribution in [-0.2, 0) is 14.8 Å². The molecular weight excluding hydrogens is 306 g/mol. The van der Waals surface area contributed by atoms with Gasteiger partial charge in [-0.25, -0.2) is 13.1 Å². The molecule has 0 aliphatic rings. The van der Waals surface area contributed by atoms with Crippen LogP contribution in [0.25, 0.3) is 0 Å². The number of nitrogens with one attached hydrogen (secondary N) is 1. The SMILES string of the molecule is CCC(COC)NS(=O)(=O)c1cccc(Br)c1. The van der Waals surface area contributed by atoms with Gasteiger partial charge in [-0.15, -0.1) is 0 Å². The highest BCUT2D eigenvalue weighted by atomic mass is 79.9. The van der Waals surface area contributed by atoms with E-state index in [0.717, 1.165) is 4.47 Å². The molecule has 1 N–H and O–H groups in total. The number of rotatable bonds is 6. The molecule has 0 aromatic heterocycles. The van der Waals surface area contributed by atoms with Crippen LogP contribution in [0.15, 0.2) is 33.6 Å². The van der Waals surface area contributed by atoms with Gasteiger partial charge in [-0.1, -0.05) is 28.9 Å². The third-order valence-electron chi connectivity index (χ3n) is 2.29. The van der Waals surface area contributed by atoms with Crippen molar-refractivity contribution in [2.45, 2.75) is 24.3 Å². The molecule has 1 aromatic rings. The lowest BCUT2D eigenvalue weighted by atomic mass is 10.3. The minimum Gasteiger partial charge on any atom is -0.383 e. The molecule has 0 amide bonds. The van der Waals surface area contributed by atoms with Crippen molar-refractivity contribution in [1.82, 2.24) is 4.72 Å². The second-order valence-corrected chi connectivity index (χ2v) is 6.27. The van der Waals surface area contributed by atoms with E-state index in [-0.39, 0.29) is 10.9 Å². The van der Waals surface area contributed by atoms with Crippen LogP contribution in [0.4, 0.5) is 0 Å². The molecule has 1 unspecified atom stereocenters. The van der Waals surface area contributed by atoms with Gasteiger partial charge >= 0.3 is 0 Å². The topological polar surface area (TPSA) is 55.4 Å².